The topological polar surface area (TPSA) is 27.0 Å². The van der Waals surface area contributed by atoms with Crippen molar-refractivity contribution in [1.29, 1.82) is 5.26 Å². The van der Waals surface area contributed by atoms with E-state index in [4.69, 9.17) is 5.26 Å². The van der Waals surface area contributed by atoms with Crippen molar-refractivity contribution in [3.63, 3.8) is 0 Å². The first-order valence-corrected chi connectivity index (χ1v) is 6.52. The predicted molar refractivity (Wildman–Crippen MR) is 61.7 cm³/mol. The molecule has 0 unspecified atom stereocenters. The molecular formula is C13H19F3N2. The lowest BCUT2D eigenvalue weighted by molar-refractivity contribution is -0.215. The van der Waals surface area contributed by atoms with E-state index in [1.54, 1.807) is 0 Å². The summed E-state index contributed by atoms with van der Waals surface area (Å²) in [6.45, 7) is 2.45. The number of likely N-dealkylation sites (tertiary alicyclic amines) is 1. The van der Waals surface area contributed by atoms with Gasteiger partial charge in [-0.3, -0.25) is 4.90 Å². The highest BCUT2D eigenvalue weighted by Gasteiger charge is 2.49. The molecule has 2 fully saturated rings. The molecule has 2 rings (SSSR count). The van der Waals surface area contributed by atoms with Gasteiger partial charge in [-0.15, -0.1) is 0 Å². The summed E-state index contributed by atoms with van der Waals surface area (Å²) < 4.78 is 37.2. The van der Waals surface area contributed by atoms with Crippen molar-refractivity contribution in [3.8, 4) is 6.07 Å². The summed E-state index contributed by atoms with van der Waals surface area (Å²) in [5, 5.41) is 8.75. The molecule has 0 bridgehead atoms. The van der Waals surface area contributed by atoms with Gasteiger partial charge in [-0.2, -0.15) is 18.4 Å². The molecule has 1 aliphatic heterocycles. The minimum Gasteiger partial charge on any atom is -0.299 e. The lowest BCUT2D eigenvalue weighted by atomic mass is 9.71. The number of nitriles is 1. The molecule has 2 aliphatic rings. The van der Waals surface area contributed by atoms with E-state index in [1.165, 1.54) is 0 Å². The minimum absolute atomic E-state index is 0.0829. The molecule has 0 radical (unpaired) electrons. The number of nitrogens with zero attached hydrogens (tertiary/aromatic N) is 2. The van der Waals surface area contributed by atoms with Gasteiger partial charge in [0.25, 0.3) is 0 Å². The average Bonchev–Trinajstić information content (AvgIpc) is 2.17. The number of hydrogen-bond acceptors (Lipinski definition) is 2. The van der Waals surface area contributed by atoms with E-state index in [9.17, 15) is 13.2 Å². The van der Waals surface area contributed by atoms with Gasteiger partial charge in [0.2, 0.25) is 0 Å². The summed E-state index contributed by atoms with van der Waals surface area (Å²) in [6, 6.07) is 2.52. The van der Waals surface area contributed by atoms with Crippen LogP contribution >= 0.6 is 0 Å². The molecule has 0 spiro atoms. The summed E-state index contributed by atoms with van der Waals surface area (Å²) >= 11 is 0. The Morgan fingerprint density at radius 3 is 2.28 bits per heavy atom. The zero-order valence-corrected chi connectivity index (χ0v) is 10.6. The van der Waals surface area contributed by atoms with Crippen LogP contribution in [-0.2, 0) is 0 Å². The Bertz CT molecular complexity index is 331. The molecule has 0 aromatic rings. The van der Waals surface area contributed by atoms with Crippen molar-refractivity contribution in [2.24, 2.45) is 11.3 Å². The normalized spacial score (nSPS) is 34.9. The first kappa shape index (κ1) is 13.7. The van der Waals surface area contributed by atoms with Gasteiger partial charge in [0.05, 0.1) is 12.0 Å². The zero-order chi connectivity index (χ0) is 13.4. The van der Waals surface area contributed by atoms with Crippen molar-refractivity contribution in [1.82, 2.24) is 4.90 Å². The Kier molecular flexibility index (Phi) is 3.59. The highest BCUT2D eigenvalue weighted by Crippen LogP contribution is 2.43. The first-order valence-electron chi connectivity index (χ1n) is 6.52. The van der Waals surface area contributed by atoms with Crippen LogP contribution in [-0.4, -0.2) is 30.2 Å². The van der Waals surface area contributed by atoms with E-state index >= 15 is 0 Å². The third kappa shape index (κ3) is 2.80. The summed E-state index contributed by atoms with van der Waals surface area (Å²) in [7, 11) is 0. The molecule has 18 heavy (non-hydrogen) atoms. The van der Waals surface area contributed by atoms with E-state index in [0.717, 1.165) is 25.7 Å². The molecule has 1 saturated carbocycles. The summed E-state index contributed by atoms with van der Waals surface area (Å²) in [5.41, 5.74) is 0.0829. The molecule has 0 aromatic heterocycles. The Balaban J connectivity index is 1.78. The van der Waals surface area contributed by atoms with Gasteiger partial charge in [-0.05, 0) is 31.1 Å². The number of rotatable bonds is 2. The second-order valence-electron chi connectivity index (χ2n) is 6.07. The fraction of sp³-hybridized carbons (Fsp3) is 0.923. The van der Waals surface area contributed by atoms with Crippen LogP contribution in [0.5, 0.6) is 0 Å². The third-order valence-electron chi connectivity index (χ3n) is 4.56. The highest BCUT2D eigenvalue weighted by molar-refractivity contribution is 4.95. The van der Waals surface area contributed by atoms with Crippen molar-refractivity contribution >= 4 is 0 Å². The van der Waals surface area contributed by atoms with Gasteiger partial charge >= 0.3 is 6.18 Å². The van der Waals surface area contributed by atoms with Gasteiger partial charge in [0.15, 0.2) is 0 Å². The summed E-state index contributed by atoms with van der Waals surface area (Å²) in [5.74, 6) is -1.12. The van der Waals surface area contributed by atoms with Gasteiger partial charge in [0.1, 0.15) is 0 Å². The van der Waals surface area contributed by atoms with Crippen LogP contribution in [0.2, 0.25) is 0 Å². The number of halogens is 3. The molecule has 1 heterocycles. The van der Waals surface area contributed by atoms with Crippen LogP contribution < -0.4 is 0 Å². The van der Waals surface area contributed by atoms with Crippen LogP contribution in [0.15, 0.2) is 0 Å². The standard InChI is InChI=1S/C13H19F3N2/c1-12(6-7-17)4-2-11(3-5-12)18-8-10(9-18)13(14,15)16/h10-11H,2-6,8-9H2,1H3. The molecule has 0 N–H and O–H groups in total. The first-order chi connectivity index (χ1) is 8.34. The highest BCUT2D eigenvalue weighted by atomic mass is 19.4. The molecule has 1 saturated heterocycles. The minimum atomic E-state index is -4.03. The second-order valence-corrected chi connectivity index (χ2v) is 6.07. The number of alkyl halides is 3. The van der Waals surface area contributed by atoms with Crippen LogP contribution in [0.3, 0.4) is 0 Å². The Morgan fingerprint density at radius 1 is 1.28 bits per heavy atom. The van der Waals surface area contributed by atoms with Crippen molar-refractivity contribution < 1.29 is 13.2 Å². The van der Waals surface area contributed by atoms with Crippen molar-refractivity contribution in [2.45, 2.75) is 51.2 Å². The smallest absolute Gasteiger partial charge is 0.299 e. The molecule has 0 aromatic carbocycles. The Labute approximate surface area is 106 Å². The molecule has 0 amide bonds. The Morgan fingerprint density at radius 2 is 1.83 bits per heavy atom. The van der Waals surface area contributed by atoms with Gasteiger partial charge in [-0.25, -0.2) is 0 Å². The molecule has 2 nitrogen and oxygen atoms in total. The molecular weight excluding hydrogens is 241 g/mol. The SMILES string of the molecule is CC1(CC#N)CCC(N2CC(C(F)(F)F)C2)CC1. The summed E-state index contributed by atoms with van der Waals surface area (Å²) in [6.07, 6.45) is 0.313. The van der Waals surface area contributed by atoms with Gasteiger partial charge < -0.3 is 0 Å². The average molecular weight is 260 g/mol. The monoisotopic (exact) mass is 260 g/mol. The van der Waals surface area contributed by atoms with Crippen molar-refractivity contribution in [2.75, 3.05) is 13.1 Å². The lowest BCUT2D eigenvalue weighted by Gasteiger charge is -2.48. The summed E-state index contributed by atoms with van der Waals surface area (Å²) in [4.78, 5) is 1.96. The van der Waals surface area contributed by atoms with E-state index < -0.39 is 12.1 Å². The lowest BCUT2D eigenvalue weighted by Crippen LogP contribution is -2.57. The van der Waals surface area contributed by atoms with E-state index in [1.807, 2.05) is 4.90 Å². The number of hydrogen-bond donors (Lipinski definition) is 0. The van der Waals surface area contributed by atoms with Crippen LogP contribution in [0.4, 0.5) is 13.2 Å². The maximum Gasteiger partial charge on any atom is 0.394 e. The third-order valence-corrected chi connectivity index (χ3v) is 4.56. The fourth-order valence-corrected chi connectivity index (χ4v) is 3.05. The quantitative estimate of drug-likeness (QED) is 0.761. The van der Waals surface area contributed by atoms with E-state index in [-0.39, 0.29) is 18.5 Å². The van der Waals surface area contributed by atoms with Crippen molar-refractivity contribution in [3.05, 3.63) is 0 Å². The van der Waals surface area contributed by atoms with E-state index in [2.05, 4.69) is 13.0 Å². The zero-order valence-electron chi connectivity index (χ0n) is 10.6. The maximum atomic E-state index is 12.4. The van der Waals surface area contributed by atoms with Gasteiger partial charge in [-0.1, -0.05) is 6.92 Å². The molecule has 0 atom stereocenters. The van der Waals surface area contributed by atoms with Gasteiger partial charge in [0, 0.05) is 25.6 Å². The largest absolute Gasteiger partial charge is 0.394 e. The molecule has 5 heteroatoms. The van der Waals surface area contributed by atoms with E-state index in [0.29, 0.717) is 12.5 Å². The van der Waals surface area contributed by atoms with Crippen LogP contribution in [0.25, 0.3) is 0 Å². The Hall–Kier alpha value is -0.760. The molecule has 1 aliphatic carbocycles. The van der Waals surface area contributed by atoms with Crippen LogP contribution in [0, 0.1) is 22.7 Å². The van der Waals surface area contributed by atoms with Crippen LogP contribution in [0.1, 0.15) is 39.0 Å². The predicted octanol–water partition coefficient (Wildman–Crippen LogP) is 3.34. The fourth-order valence-electron chi connectivity index (χ4n) is 3.05. The second kappa shape index (κ2) is 4.73. The maximum absolute atomic E-state index is 12.4. The molecule has 102 valence electrons.